The van der Waals surface area contributed by atoms with Crippen LogP contribution in [0.5, 0.6) is 0 Å². The van der Waals surface area contributed by atoms with Gasteiger partial charge in [-0.2, -0.15) is 0 Å². The molecule has 0 rings (SSSR count). The average Bonchev–Trinajstić information content (AvgIpc) is 2.10. The Morgan fingerprint density at radius 2 is 1.25 bits per heavy atom. The predicted molar refractivity (Wildman–Crippen MR) is 50.8 cm³/mol. The van der Waals surface area contributed by atoms with Crippen LogP contribution in [0.4, 0.5) is 0 Å². The molecular weight excluding hydrogens is 152 g/mol. The maximum Gasteiger partial charge on any atom is 0.121 e. The summed E-state index contributed by atoms with van der Waals surface area (Å²) in [7, 11) is 0. The van der Waals surface area contributed by atoms with Gasteiger partial charge in [-0.3, -0.25) is 0 Å². The SMILES string of the molecule is CCC=COCCOC=CCC. The Balaban J connectivity index is 3.00. The molecule has 0 aliphatic carbocycles. The molecule has 0 saturated heterocycles. The van der Waals surface area contributed by atoms with Crippen molar-refractivity contribution in [1.29, 1.82) is 0 Å². The first-order valence-corrected chi connectivity index (χ1v) is 4.45. The molecule has 0 amide bonds. The van der Waals surface area contributed by atoms with E-state index in [2.05, 4.69) is 13.8 Å². The van der Waals surface area contributed by atoms with Crippen molar-refractivity contribution >= 4 is 0 Å². The second kappa shape index (κ2) is 10.1. The Kier molecular flexibility index (Phi) is 9.31. The highest BCUT2D eigenvalue weighted by molar-refractivity contribution is 4.71. The zero-order valence-corrected chi connectivity index (χ0v) is 7.95. The van der Waals surface area contributed by atoms with Crippen LogP contribution in [0.1, 0.15) is 26.7 Å². The quantitative estimate of drug-likeness (QED) is 0.432. The van der Waals surface area contributed by atoms with Crippen molar-refractivity contribution in [2.45, 2.75) is 26.7 Å². The second-order valence-electron chi connectivity index (χ2n) is 2.30. The molecule has 0 aromatic carbocycles. The molecule has 0 saturated carbocycles. The normalized spacial score (nSPS) is 11.2. The van der Waals surface area contributed by atoms with Gasteiger partial charge in [0.05, 0.1) is 12.5 Å². The summed E-state index contributed by atoms with van der Waals surface area (Å²) >= 11 is 0. The van der Waals surface area contributed by atoms with Crippen LogP contribution in [0.2, 0.25) is 0 Å². The summed E-state index contributed by atoms with van der Waals surface area (Å²) in [6, 6.07) is 0. The zero-order chi connectivity index (χ0) is 9.07. The number of hydrogen-bond donors (Lipinski definition) is 0. The van der Waals surface area contributed by atoms with Gasteiger partial charge in [-0.25, -0.2) is 0 Å². The summed E-state index contributed by atoms with van der Waals surface area (Å²) in [6.45, 7) is 5.37. The monoisotopic (exact) mass is 170 g/mol. The Hall–Kier alpha value is -0.920. The van der Waals surface area contributed by atoms with E-state index >= 15 is 0 Å². The van der Waals surface area contributed by atoms with Gasteiger partial charge >= 0.3 is 0 Å². The molecule has 70 valence electrons. The van der Waals surface area contributed by atoms with Gasteiger partial charge in [-0.05, 0) is 12.8 Å². The minimum atomic E-state index is 0.616. The fourth-order valence-electron chi connectivity index (χ4n) is 0.561. The van der Waals surface area contributed by atoms with E-state index in [9.17, 15) is 0 Å². The summed E-state index contributed by atoms with van der Waals surface area (Å²) in [4.78, 5) is 0. The highest BCUT2D eigenvalue weighted by Crippen LogP contribution is 1.85. The average molecular weight is 170 g/mol. The van der Waals surface area contributed by atoms with E-state index in [1.165, 1.54) is 0 Å². The number of allylic oxidation sites excluding steroid dienone is 2. The van der Waals surface area contributed by atoms with E-state index in [0.29, 0.717) is 13.2 Å². The first kappa shape index (κ1) is 11.1. The van der Waals surface area contributed by atoms with Gasteiger partial charge in [0.15, 0.2) is 0 Å². The van der Waals surface area contributed by atoms with E-state index in [1.807, 2.05) is 12.2 Å². The lowest BCUT2D eigenvalue weighted by Crippen LogP contribution is -1.96. The van der Waals surface area contributed by atoms with Crippen molar-refractivity contribution in [2.24, 2.45) is 0 Å². The van der Waals surface area contributed by atoms with Gasteiger partial charge in [0.2, 0.25) is 0 Å². The Bertz CT molecular complexity index is 112. The topological polar surface area (TPSA) is 18.5 Å². The molecule has 0 aliphatic heterocycles. The van der Waals surface area contributed by atoms with Crippen LogP contribution in [0.15, 0.2) is 24.7 Å². The van der Waals surface area contributed by atoms with Crippen molar-refractivity contribution < 1.29 is 9.47 Å². The third kappa shape index (κ3) is 9.08. The van der Waals surface area contributed by atoms with Crippen LogP contribution < -0.4 is 0 Å². The van der Waals surface area contributed by atoms with Crippen molar-refractivity contribution in [3.8, 4) is 0 Å². The molecule has 0 spiro atoms. The minimum Gasteiger partial charge on any atom is -0.498 e. The Labute approximate surface area is 74.9 Å². The predicted octanol–water partition coefficient (Wildman–Crippen LogP) is 2.87. The molecule has 2 heteroatoms. The standard InChI is InChI=1S/C10H18O2/c1-3-5-7-11-9-10-12-8-6-4-2/h5-8H,3-4,9-10H2,1-2H3. The maximum absolute atomic E-state index is 5.11. The summed E-state index contributed by atoms with van der Waals surface area (Å²) in [5, 5.41) is 0. The smallest absolute Gasteiger partial charge is 0.121 e. The molecular formula is C10H18O2. The van der Waals surface area contributed by atoms with E-state index < -0.39 is 0 Å². The molecule has 0 atom stereocenters. The maximum atomic E-state index is 5.11. The van der Waals surface area contributed by atoms with E-state index in [0.717, 1.165) is 12.8 Å². The lowest BCUT2D eigenvalue weighted by Gasteiger charge is -1.99. The molecule has 0 N–H and O–H groups in total. The molecule has 0 bridgehead atoms. The second-order valence-corrected chi connectivity index (χ2v) is 2.30. The van der Waals surface area contributed by atoms with E-state index in [-0.39, 0.29) is 0 Å². The summed E-state index contributed by atoms with van der Waals surface area (Å²) in [5.41, 5.74) is 0. The van der Waals surface area contributed by atoms with Gasteiger partial charge in [-0.1, -0.05) is 26.0 Å². The third-order valence-corrected chi connectivity index (χ3v) is 1.18. The Morgan fingerprint density at radius 1 is 0.833 bits per heavy atom. The minimum absolute atomic E-state index is 0.616. The van der Waals surface area contributed by atoms with Crippen LogP contribution in [-0.4, -0.2) is 13.2 Å². The fourth-order valence-corrected chi connectivity index (χ4v) is 0.561. The van der Waals surface area contributed by atoms with Gasteiger partial charge in [-0.15, -0.1) is 0 Å². The largest absolute Gasteiger partial charge is 0.498 e. The lowest BCUT2D eigenvalue weighted by atomic mass is 10.5. The molecule has 12 heavy (non-hydrogen) atoms. The van der Waals surface area contributed by atoms with E-state index in [4.69, 9.17) is 9.47 Å². The third-order valence-electron chi connectivity index (χ3n) is 1.18. The molecule has 2 nitrogen and oxygen atoms in total. The summed E-state index contributed by atoms with van der Waals surface area (Å²) in [6.07, 6.45) is 9.40. The van der Waals surface area contributed by atoms with Crippen molar-refractivity contribution in [3.05, 3.63) is 24.7 Å². The molecule has 0 aromatic rings. The highest BCUT2D eigenvalue weighted by Gasteiger charge is 1.80. The van der Waals surface area contributed by atoms with Crippen LogP contribution >= 0.6 is 0 Å². The van der Waals surface area contributed by atoms with Gasteiger partial charge in [0.1, 0.15) is 13.2 Å². The Morgan fingerprint density at radius 3 is 1.58 bits per heavy atom. The van der Waals surface area contributed by atoms with Crippen LogP contribution in [-0.2, 0) is 9.47 Å². The van der Waals surface area contributed by atoms with Crippen LogP contribution in [0, 0.1) is 0 Å². The molecule has 0 heterocycles. The van der Waals surface area contributed by atoms with Gasteiger partial charge < -0.3 is 9.47 Å². The van der Waals surface area contributed by atoms with Crippen LogP contribution in [0.3, 0.4) is 0 Å². The fraction of sp³-hybridized carbons (Fsp3) is 0.600. The first-order valence-electron chi connectivity index (χ1n) is 4.45. The van der Waals surface area contributed by atoms with Crippen LogP contribution in [0.25, 0.3) is 0 Å². The van der Waals surface area contributed by atoms with Crippen molar-refractivity contribution in [3.63, 3.8) is 0 Å². The first-order chi connectivity index (χ1) is 5.91. The molecule has 0 fully saturated rings. The lowest BCUT2D eigenvalue weighted by molar-refractivity contribution is 0.149. The molecule has 0 unspecified atom stereocenters. The zero-order valence-electron chi connectivity index (χ0n) is 7.95. The summed E-state index contributed by atoms with van der Waals surface area (Å²) in [5.74, 6) is 0. The molecule has 0 aromatic heterocycles. The molecule has 0 aliphatic rings. The highest BCUT2D eigenvalue weighted by atomic mass is 16.5. The number of ether oxygens (including phenoxy) is 2. The summed E-state index contributed by atoms with van der Waals surface area (Å²) < 4.78 is 10.2. The number of hydrogen-bond acceptors (Lipinski definition) is 2. The van der Waals surface area contributed by atoms with Gasteiger partial charge in [0.25, 0.3) is 0 Å². The molecule has 0 radical (unpaired) electrons. The van der Waals surface area contributed by atoms with Crippen molar-refractivity contribution in [2.75, 3.05) is 13.2 Å². The van der Waals surface area contributed by atoms with E-state index in [1.54, 1.807) is 12.5 Å². The number of rotatable bonds is 7. The van der Waals surface area contributed by atoms with Crippen molar-refractivity contribution in [1.82, 2.24) is 0 Å². The van der Waals surface area contributed by atoms with Gasteiger partial charge in [0, 0.05) is 0 Å².